The molecule has 1 aromatic heterocycles. The Kier molecular flexibility index (Phi) is 4.58. The first-order valence-electron chi connectivity index (χ1n) is 7.11. The number of aromatic nitrogens is 2. The summed E-state index contributed by atoms with van der Waals surface area (Å²) >= 11 is 0. The summed E-state index contributed by atoms with van der Waals surface area (Å²) in [6.45, 7) is 8.42. The molecule has 0 amide bonds. The summed E-state index contributed by atoms with van der Waals surface area (Å²) in [5.74, 6) is 1.99. The molecular formula is C14H24N4O. The van der Waals surface area contributed by atoms with Crippen LogP contribution in [0.5, 0.6) is 5.88 Å². The van der Waals surface area contributed by atoms with Crippen LogP contribution in [0.15, 0.2) is 6.07 Å². The highest BCUT2D eigenvalue weighted by Gasteiger charge is 2.29. The highest BCUT2D eigenvalue weighted by atomic mass is 16.5. The molecule has 5 heteroatoms. The molecule has 2 atom stereocenters. The SMILES string of the molecule is CCOc1cc(C)nc(N2CCCC(C)C2CN)n1. The predicted octanol–water partition coefficient (Wildman–Crippen LogP) is 1.75. The highest BCUT2D eigenvalue weighted by Crippen LogP contribution is 2.27. The summed E-state index contributed by atoms with van der Waals surface area (Å²) in [5, 5.41) is 0. The van der Waals surface area contributed by atoms with Gasteiger partial charge in [0, 0.05) is 30.9 Å². The van der Waals surface area contributed by atoms with E-state index in [2.05, 4.69) is 21.8 Å². The minimum atomic E-state index is 0.324. The van der Waals surface area contributed by atoms with E-state index in [1.54, 1.807) is 0 Å². The number of ether oxygens (including phenoxy) is 1. The topological polar surface area (TPSA) is 64.3 Å². The van der Waals surface area contributed by atoms with E-state index in [0.29, 0.717) is 31.0 Å². The van der Waals surface area contributed by atoms with Crippen molar-refractivity contribution >= 4 is 5.95 Å². The molecule has 0 spiro atoms. The summed E-state index contributed by atoms with van der Waals surface area (Å²) in [7, 11) is 0. The first-order valence-corrected chi connectivity index (χ1v) is 7.11. The van der Waals surface area contributed by atoms with Crippen molar-refractivity contribution in [3.8, 4) is 5.88 Å². The molecular weight excluding hydrogens is 240 g/mol. The van der Waals surface area contributed by atoms with Gasteiger partial charge in [0.05, 0.1) is 6.61 Å². The highest BCUT2D eigenvalue weighted by molar-refractivity contribution is 5.37. The Bertz CT molecular complexity index is 424. The molecule has 1 aliphatic rings. The lowest BCUT2D eigenvalue weighted by Gasteiger charge is -2.39. The number of rotatable bonds is 4. The van der Waals surface area contributed by atoms with Gasteiger partial charge in [-0.05, 0) is 32.6 Å². The molecule has 1 fully saturated rings. The Morgan fingerprint density at radius 3 is 2.95 bits per heavy atom. The number of hydrogen-bond donors (Lipinski definition) is 1. The molecule has 1 aliphatic heterocycles. The number of hydrogen-bond acceptors (Lipinski definition) is 5. The van der Waals surface area contributed by atoms with Gasteiger partial charge in [-0.1, -0.05) is 6.92 Å². The van der Waals surface area contributed by atoms with E-state index >= 15 is 0 Å². The van der Waals surface area contributed by atoms with Crippen LogP contribution >= 0.6 is 0 Å². The molecule has 2 unspecified atom stereocenters. The molecule has 0 saturated carbocycles. The summed E-state index contributed by atoms with van der Waals surface area (Å²) in [4.78, 5) is 11.3. The van der Waals surface area contributed by atoms with Crippen LogP contribution < -0.4 is 15.4 Å². The molecule has 1 aromatic rings. The monoisotopic (exact) mass is 264 g/mol. The van der Waals surface area contributed by atoms with Crippen molar-refractivity contribution < 1.29 is 4.74 Å². The van der Waals surface area contributed by atoms with Crippen molar-refractivity contribution in [2.45, 2.75) is 39.7 Å². The minimum absolute atomic E-state index is 0.324. The zero-order valence-corrected chi connectivity index (χ0v) is 12.1. The second-order valence-electron chi connectivity index (χ2n) is 5.20. The van der Waals surface area contributed by atoms with Crippen molar-refractivity contribution in [1.29, 1.82) is 0 Å². The molecule has 19 heavy (non-hydrogen) atoms. The van der Waals surface area contributed by atoms with E-state index in [-0.39, 0.29) is 0 Å². The molecule has 5 nitrogen and oxygen atoms in total. The minimum Gasteiger partial charge on any atom is -0.478 e. The first-order chi connectivity index (χ1) is 9.15. The molecule has 2 heterocycles. The molecule has 0 aromatic carbocycles. The van der Waals surface area contributed by atoms with E-state index in [0.717, 1.165) is 18.2 Å². The summed E-state index contributed by atoms with van der Waals surface area (Å²) < 4.78 is 5.50. The summed E-state index contributed by atoms with van der Waals surface area (Å²) in [6.07, 6.45) is 2.39. The van der Waals surface area contributed by atoms with Gasteiger partial charge in [-0.2, -0.15) is 4.98 Å². The molecule has 0 aliphatic carbocycles. The van der Waals surface area contributed by atoms with Gasteiger partial charge in [-0.25, -0.2) is 4.98 Å². The van der Waals surface area contributed by atoms with E-state index in [9.17, 15) is 0 Å². The molecule has 0 radical (unpaired) electrons. The predicted molar refractivity (Wildman–Crippen MR) is 76.5 cm³/mol. The van der Waals surface area contributed by atoms with Crippen molar-refractivity contribution in [2.24, 2.45) is 11.7 Å². The Morgan fingerprint density at radius 2 is 2.26 bits per heavy atom. The van der Waals surface area contributed by atoms with Gasteiger partial charge >= 0.3 is 0 Å². The lowest BCUT2D eigenvalue weighted by molar-refractivity contribution is 0.320. The van der Waals surface area contributed by atoms with Gasteiger partial charge in [0.15, 0.2) is 0 Å². The molecule has 1 saturated heterocycles. The second-order valence-corrected chi connectivity index (χ2v) is 5.20. The van der Waals surface area contributed by atoms with E-state index in [4.69, 9.17) is 10.5 Å². The Labute approximate surface area is 115 Å². The van der Waals surface area contributed by atoms with E-state index < -0.39 is 0 Å². The number of nitrogens with two attached hydrogens (primary N) is 1. The molecule has 0 bridgehead atoms. The fourth-order valence-electron chi connectivity index (χ4n) is 2.73. The lowest BCUT2D eigenvalue weighted by atomic mass is 9.91. The smallest absolute Gasteiger partial charge is 0.229 e. The number of piperidine rings is 1. The first kappa shape index (κ1) is 14.1. The van der Waals surface area contributed by atoms with Gasteiger partial charge in [-0.3, -0.25) is 0 Å². The molecule has 2 rings (SSSR count). The van der Waals surface area contributed by atoms with Crippen molar-refractivity contribution in [2.75, 3.05) is 24.6 Å². The average molecular weight is 264 g/mol. The van der Waals surface area contributed by atoms with E-state index in [1.807, 2.05) is 19.9 Å². The number of anilines is 1. The van der Waals surface area contributed by atoms with Crippen LogP contribution in [0.25, 0.3) is 0 Å². The van der Waals surface area contributed by atoms with Gasteiger partial charge in [-0.15, -0.1) is 0 Å². The third kappa shape index (κ3) is 3.15. The van der Waals surface area contributed by atoms with Gasteiger partial charge in [0.2, 0.25) is 11.8 Å². The van der Waals surface area contributed by atoms with Crippen LogP contribution in [0.1, 0.15) is 32.4 Å². The van der Waals surface area contributed by atoms with Crippen LogP contribution in [-0.4, -0.2) is 35.7 Å². The van der Waals surface area contributed by atoms with E-state index in [1.165, 1.54) is 12.8 Å². The Morgan fingerprint density at radius 1 is 1.47 bits per heavy atom. The molecule has 106 valence electrons. The quantitative estimate of drug-likeness (QED) is 0.897. The van der Waals surface area contributed by atoms with Crippen LogP contribution in [0.2, 0.25) is 0 Å². The Balaban J connectivity index is 2.28. The van der Waals surface area contributed by atoms with Crippen LogP contribution in [0, 0.1) is 12.8 Å². The van der Waals surface area contributed by atoms with Gasteiger partial charge in [0.25, 0.3) is 0 Å². The maximum absolute atomic E-state index is 5.93. The third-order valence-electron chi connectivity index (χ3n) is 3.73. The summed E-state index contributed by atoms with van der Waals surface area (Å²) in [5.41, 5.74) is 6.86. The van der Waals surface area contributed by atoms with Crippen molar-refractivity contribution in [3.63, 3.8) is 0 Å². The zero-order chi connectivity index (χ0) is 13.8. The maximum atomic E-state index is 5.93. The van der Waals surface area contributed by atoms with Crippen molar-refractivity contribution in [3.05, 3.63) is 11.8 Å². The third-order valence-corrected chi connectivity index (χ3v) is 3.73. The number of nitrogens with zero attached hydrogens (tertiary/aromatic N) is 3. The second kappa shape index (κ2) is 6.19. The van der Waals surface area contributed by atoms with Gasteiger partial charge in [0.1, 0.15) is 0 Å². The van der Waals surface area contributed by atoms with Crippen molar-refractivity contribution in [1.82, 2.24) is 9.97 Å². The fourth-order valence-corrected chi connectivity index (χ4v) is 2.73. The lowest BCUT2D eigenvalue weighted by Crippen LogP contribution is -2.49. The normalized spacial score (nSPS) is 23.5. The Hall–Kier alpha value is -1.36. The number of aryl methyl sites for hydroxylation is 1. The zero-order valence-electron chi connectivity index (χ0n) is 12.1. The van der Waals surface area contributed by atoms with Crippen LogP contribution in [0.3, 0.4) is 0 Å². The molecule has 2 N–H and O–H groups in total. The fraction of sp³-hybridized carbons (Fsp3) is 0.714. The standard InChI is InChI=1S/C14H24N4O/c1-4-19-13-8-11(3)16-14(17-13)18-7-5-6-10(2)12(18)9-15/h8,10,12H,4-7,9,15H2,1-3H3. The van der Waals surface area contributed by atoms with Crippen LogP contribution in [0.4, 0.5) is 5.95 Å². The summed E-state index contributed by atoms with van der Waals surface area (Å²) in [6, 6.07) is 2.20. The largest absolute Gasteiger partial charge is 0.478 e. The van der Waals surface area contributed by atoms with Gasteiger partial charge < -0.3 is 15.4 Å². The maximum Gasteiger partial charge on any atom is 0.229 e. The average Bonchev–Trinajstić information content (AvgIpc) is 2.38. The van der Waals surface area contributed by atoms with Crippen LogP contribution in [-0.2, 0) is 0 Å².